The average molecular weight is 461 g/mol. The highest BCUT2D eigenvalue weighted by atomic mass is 35.5. The number of amides is 2. The van der Waals surface area contributed by atoms with Crippen LogP contribution >= 0.6 is 23.2 Å². The van der Waals surface area contributed by atoms with Crippen molar-refractivity contribution in [2.45, 2.75) is 46.6 Å². The third kappa shape index (κ3) is 6.31. The number of Topliss-reactive ketones (excluding diaryl/α,β-unsaturated/α-hetero) is 1. The fourth-order valence-electron chi connectivity index (χ4n) is 3.01. The Morgan fingerprint density at radius 1 is 0.968 bits per heavy atom. The van der Waals surface area contributed by atoms with Gasteiger partial charge < -0.3 is 10.6 Å². The molecule has 0 radical (unpaired) electrons. The number of nitrogens with one attached hydrogen (secondary N) is 2. The van der Waals surface area contributed by atoms with E-state index in [0.717, 1.165) is 18.4 Å². The van der Waals surface area contributed by atoms with Crippen molar-refractivity contribution < 1.29 is 14.4 Å². The van der Waals surface area contributed by atoms with Gasteiger partial charge in [-0.3, -0.25) is 14.4 Å². The predicted molar refractivity (Wildman–Crippen MR) is 124 cm³/mol. The first-order chi connectivity index (χ1) is 14.5. The molecular formula is C24H26Cl2N2O3. The molecule has 2 amide bonds. The van der Waals surface area contributed by atoms with E-state index in [0.29, 0.717) is 33.6 Å². The minimum absolute atomic E-state index is 0.0155. The van der Waals surface area contributed by atoms with Crippen LogP contribution in [0.3, 0.4) is 0 Å². The first kappa shape index (κ1) is 23.3. The first-order valence-electron chi connectivity index (χ1n) is 10.3. The summed E-state index contributed by atoms with van der Waals surface area (Å²) in [7, 11) is 0. The van der Waals surface area contributed by atoms with E-state index in [4.69, 9.17) is 23.2 Å². The molecule has 0 aromatic heterocycles. The standard InChI is InChI=1S/C24H26Cl2N2O3/c1-24(2,3)23(31)27-13-15-6-8-20(26)18(10-15)22(30)28-16-7-9-19(25)17(12-16)21(29)11-14-4-5-14/h6-10,12,14H,4-5,11,13H2,1-3H3,(H,27,31)(H,28,30). The number of halogens is 2. The van der Waals surface area contributed by atoms with Crippen molar-refractivity contribution >= 4 is 46.5 Å². The summed E-state index contributed by atoms with van der Waals surface area (Å²) in [5, 5.41) is 6.31. The average Bonchev–Trinajstić information content (AvgIpc) is 3.51. The van der Waals surface area contributed by atoms with Gasteiger partial charge in [-0.1, -0.05) is 50.0 Å². The molecule has 5 nitrogen and oxygen atoms in total. The second kappa shape index (κ2) is 9.41. The lowest BCUT2D eigenvalue weighted by Gasteiger charge is -2.18. The van der Waals surface area contributed by atoms with E-state index in [1.807, 2.05) is 20.8 Å². The van der Waals surface area contributed by atoms with Crippen molar-refractivity contribution in [3.8, 4) is 0 Å². The Morgan fingerprint density at radius 3 is 2.26 bits per heavy atom. The van der Waals surface area contributed by atoms with E-state index >= 15 is 0 Å². The molecule has 7 heteroatoms. The molecular weight excluding hydrogens is 435 g/mol. The largest absolute Gasteiger partial charge is 0.352 e. The van der Waals surface area contributed by atoms with Crippen LogP contribution in [0, 0.1) is 11.3 Å². The summed E-state index contributed by atoms with van der Waals surface area (Å²) in [6.45, 7) is 5.78. The molecule has 0 aliphatic heterocycles. The molecule has 31 heavy (non-hydrogen) atoms. The van der Waals surface area contributed by atoms with Crippen molar-refractivity contribution in [3.05, 3.63) is 63.1 Å². The Hall–Kier alpha value is -2.37. The van der Waals surface area contributed by atoms with Crippen LogP contribution in [-0.4, -0.2) is 17.6 Å². The minimum atomic E-state index is -0.504. The second-order valence-corrected chi connectivity index (χ2v) is 9.78. The summed E-state index contributed by atoms with van der Waals surface area (Å²) in [6.07, 6.45) is 2.63. The molecule has 164 valence electrons. The minimum Gasteiger partial charge on any atom is -0.352 e. The number of ketones is 1. The number of hydrogen-bond donors (Lipinski definition) is 2. The van der Waals surface area contributed by atoms with Crippen LogP contribution in [0.1, 0.15) is 66.3 Å². The highest BCUT2D eigenvalue weighted by Gasteiger charge is 2.26. The van der Waals surface area contributed by atoms with Crippen molar-refractivity contribution in [1.82, 2.24) is 5.32 Å². The van der Waals surface area contributed by atoms with E-state index in [1.165, 1.54) is 0 Å². The first-order valence-corrected chi connectivity index (χ1v) is 11.0. The zero-order valence-electron chi connectivity index (χ0n) is 17.9. The topological polar surface area (TPSA) is 75.3 Å². The zero-order chi connectivity index (χ0) is 22.8. The van der Waals surface area contributed by atoms with Gasteiger partial charge >= 0.3 is 0 Å². The smallest absolute Gasteiger partial charge is 0.257 e. The predicted octanol–water partition coefficient (Wildman–Crippen LogP) is 5.89. The lowest BCUT2D eigenvalue weighted by Crippen LogP contribution is -2.34. The van der Waals surface area contributed by atoms with Crippen LogP contribution in [0.2, 0.25) is 10.0 Å². The monoisotopic (exact) mass is 460 g/mol. The molecule has 0 atom stereocenters. The van der Waals surface area contributed by atoms with Crippen molar-refractivity contribution in [3.63, 3.8) is 0 Å². The van der Waals surface area contributed by atoms with Gasteiger partial charge in [-0.15, -0.1) is 0 Å². The molecule has 1 aliphatic carbocycles. The third-order valence-electron chi connectivity index (χ3n) is 5.11. The van der Waals surface area contributed by atoms with Crippen LogP contribution in [0.5, 0.6) is 0 Å². The SMILES string of the molecule is CC(C)(C)C(=O)NCc1ccc(Cl)c(C(=O)Nc2ccc(Cl)c(C(=O)CC3CC3)c2)c1. The van der Waals surface area contributed by atoms with E-state index < -0.39 is 11.3 Å². The van der Waals surface area contributed by atoms with E-state index in [-0.39, 0.29) is 23.8 Å². The van der Waals surface area contributed by atoms with Crippen molar-refractivity contribution in [2.24, 2.45) is 11.3 Å². The van der Waals surface area contributed by atoms with Crippen molar-refractivity contribution in [2.75, 3.05) is 5.32 Å². The maximum Gasteiger partial charge on any atom is 0.257 e. The number of benzene rings is 2. The van der Waals surface area contributed by atoms with Crippen LogP contribution < -0.4 is 10.6 Å². The zero-order valence-corrected chi connectivity index (χ0v) is 19.4. The van der Waals surface area contributed by atoms with E-state index in [1.54, 1.807) is 36.4 Å². The summed E-state index contributed by atoms with van der Waals surface area (Å²) in [6, 6.07) is 9.90. The molecule has 2 N–H and O–H groups in total. The summed E-state index contributed by atoms with van der Waals surface area (Å²) in [5.41, 5.74) is 1.41. The highest BCUT2D eigenvalue weighted by Crippen LogP contribution is 2.35. The Labute approximate surface area is 192 Å². The van der Waals surface area contributed by atoms with Gasteiger partial charge in [0.05, 0.1) is 15.6 Å². The molecule has 3 rings (SSSR count). The molecule has 0 unspecified atom stereocenters. The molecule has 0 heterocycles. The molecule has 1 fully saturated rings. The van der Waals surface area contributed by atoms with Gasteiger partial charge in [0.1, 0.15) is 0 Å². The van der Waals surface area contributed by atoms with Crippen LogP contribution in [0.4, 0.5) is 5.69 Å². The number of hydrogen-bond acceptors (Lipinski definition) is 3. The number of anilines is 1. The number of carbonyl (C=O) groups is 3. The van der Waals surface area contributed by atoms with E-state index in [2.05, 4.69) is 10.6 Å². The third-order valence-corrected chi connectivity index (χ3v) is 5.76. The van der Waals surface area contributed by atoms with E-state index in [9.17, 15) is 14.4 Å². The fourth-order valence-corrected chi connectivity index (χ4v) is 3.44. The van der Waals surface area contributed by atoms with Gasteiger partial charge in [0.25, 0.3) is 5.91 Å². The normalized spacial score (nSPS) is 13.6. The van der Waals surface area contributed by atoms with Crippen molar-refractivity contribution in [1.29, 1.82) is 0 Å². The van der Waals surface area contributed by atoms with Gasteiger partial charge in [-0.2, -0.15) is 0 Å². The Balaban J connectivity index is 1.72. The summed E-state index contributed by atoms with van der Waals surface area (Å²) < 4.78 is 0. The Morgan fingerprint density at radius 2 is 1.61 bits per heavy atom. The Kier molecular flexibility index (Phi) is 7.07. The maximum absolute atomic E-state index is 12.8. The van der Waals surface area contributed by atoms with Crippen LogP contribution in [-0.2, 0) is 11.3 Å². The van der Waals surface area contributed by atoms with Crippen LogP contribution in [0.25, 0.3) is 0 Å². The molecule has 2 aromatic carbocycles. The quantitative estimate of drug-likeness (QED) is 0.505. The molecule has 2 aromatic rings. The molecule has 0 bridgehead atoms. The van der Waals surface area contributed by atoms with Crippen LogP contribution in [0.15, 0.2) is 36.4 Å². The Bertz CT molecular complexity index is 1020. The molecule has 1 aliphatic rings. The lowest BCUT2D eigenvalue weighted by molar-refractivity contribution is -0.128. The fraction of sp³-hybridized carbons (Fsp3) is 0.375. The molecule has 0 saturated heterocycles. The molecule has 1 saturated carbocycles. The van der Waals surface area contributed by atoms with Gasteiger partial charge in [0.15, 0.2) is 5.78 Å². The summed E-state index contributed by atoms with van der Waals surface area (Å²) >= 11 is 12.4. The summed E-state index contributed by atoms with van der Waals surface area (Å²) in [5.74, 6) is -0.0599. The van der Waals surface area contributed by atoms with Gasteiger partial charge in [0.2, 0.25) is 5.91 Å². The molecule has 0 spiro atoms. The maximum atomic E-state index is 12.8. The van der Waals surface area contributed by atoms with Gasteiger partial charge in [-0.05, 0) is 54.7 Å². The summed E-state index contributed by atoms with van der Waals surface area (Å²) in [4.78, 5) is 37.4. The van der Waals surface area contributed by atoms with Gasteiger partial charge in [0, 0.05) is 29.6 Å². The lowest BCUT2D eigenvalue weighted by atomic mass is 9.95. The highest BCUT2D eigenvalue weighted by molar-refractivity contribution is 6.35. The van der Waals surface area contributed by atoms with Gasteiger partial charge in [-0.25, -0.2) is 0 Å². The number of rotatable bonds is 7. The second-order valence-electron chi connectivity index (χ2n) is 8.97. The number of carbonyl (C=O) groups excluding carboxylic acids is 3.